The van der Waals surface area contributed by atoms with Crippen molar-refractivity contribution < 1.29 is 9.13 Å². The zero-order chi connectivity index (χ0) is 14.9. The van der Waals surface area contributed by atoms with Crippen LogP contribution in [0.15, 0.2) is 42.7 Å². The SMILES string of the molecule is Fc1ccc2c(c1CNc1nccc3ncccc13)CCO2. The predicted molar refractivity (Wildman–Crippen MR) is 82.5 cm³/mol. The van der Waals surface area contributed by atoms with Gasteiger partial charge in [0.05, 0.1) is 12.1 Å². The summed E-state index contributed by atoms with van der Waals surface area (Å²) in [5.41, 5.74) is 2.46. The van der Waals surface area contributed by atoms with Crippen LogP contribution in [0, 0.1) is 5.82 Å². The zero-order valence-corrected chi connectivity index (χ0v) is 11.8. The maximum absolute atomic E-state index is 14.1. The summed E-state index contributed by atoms with van der Waals surface area (Å²) in [6.45, 7) is 0.988. The largest absolute Gasteiger partial charge is 0.493 e. The van der Waals surface area contributed by atoms with Gasteiger partial charge in [0.1, 0.15) is 17.4 Å². The van der Waals surface area contributed by atoms with Crippen LogP contribution in [0.4, 0.5) is 10.2 Å². The van der Waals surface area contributed by atoms with Gasteiger partial charge in [0.2, 0.25) is 0 Å². The van der Waals surface area contributed by atoms with Crippen molar-refractivity contribution in [1.82, 2.24) is 9.97 Å². The Morgan fingerprint density at radius 1 is 1.14 bits per heavy atom. The average Bonchev–Trinajstić information content (AvgIpc) is 3.03. The molecular formula is C17H14FN3O. The smallest absolute Gasteiger partial charge is 0.135 e. The minimum absolute atomic E-state index is 0.213. The van der Waals surface area contributed by atoms with Gasteiger partial charge < -0.3 is 10.1 Å². The van der Waals surface area contributed by atoms with E-state index in [9.17, 15) is 4.39 Å². The molecule has 0 spiro atoms. The highest BCUT2D eigenvalue weighted by molar-refractivity contribution is 5.88. The van der Waals surface area contributed by atoms with Crippen molar-refractivity contribution in [2.24, 2.45) is 0 Å². The summed E-state index contributed by atoms with van der Waals surface area (Å²) in [6.07, 6.45) is 4.19. The molecule has 0 aliphatic carbocycles. The van der Waals surface area contributed by atoms with E-state index in [2.05, 4.69) is 15.3 Å². The number of halogens is 1. The van der Waals surface area contributed by atoms with Crippen LogP contribution in [0.3, 0.4) is 0 Å². The summed E-state index contributed by atoms with van der Waals surface area (Å²) in [6, 6.07) is 8.83. The average molecular weight is 295 g/mol. The fourth-order valence-electron chi connectivity index (χ4n) is 2.82. The van der Waals surface area contributed by atoms with Gasteiger partial charge >= 0.3 is 0 Å². The van der Waals surface area contributed by atoms with Crippen molar-refractivity contribution in [2.45, 2.75) is 13.0 Å². The highest BCUT2D eigenvalue weighted by Crippen LogP contribution is 2.31. The molecule has 2 aromatic heterocycles. The standard InChI is InChI=1S/C17H14FN3O/c18-14-3-4-16-11(6-9-22-16)13(14)10-21-17-12-2-1-7-19-15(12)5-8-20-17/h1-5,7-8H,6,9-10H2,(H,20,21). The lowest BCUT2D eigenvalue weighted by atomic mass is 10.0. The lowest BCUT2D eigenvalue weighted by molar-refractivity contribution is 0.356. The molecule has 22 heavy (non-hydrogen) atoms. The minimum atomic E-state index is -0.213. The van der Waals surface area contributed by atoms with Gasteiger partial charge in [0.15, 0.2) is 0 Å². The van der Waals surface area contributed by atoms with Crippen LogP contribution in [0.25, 0.3) is 10.9 Å². The molecule has 5 heteroatoms. The molecule has 1 aliphatic heterocycles. The molecule has 1 aliphatic rings. The summed E-state index contributed by atoms with van der Waals surface area (Å²) in [5, 5.41) is 4.15. The van der Waals surface area contributed by atoms with Crippen LogP contribution in [0.5, 0.6) is 5.75 Å². The Balaban J connectivity index is 1.67. The maximum atomic E-state index is 14.1. The number of fused-ring (bicyclic) bond motifs is 2. The van der Waals surface area contributed by atoms with Gasteiger partial charge in [-0.2, -0.15) is 0 Å². The summed E-state index contributed by atoms with van der Waals surface area (Å²) in [5.74, 6) is 1.28. The van der Waals surface area contributed by atoms with Crippen molar-refractivity contribution in [2.75, 3.05) is 11.9 Å². The number of pyridine rings is 2. The van der Waals surface area contributed by atoms with Crippen LogP contribution < -0.4 is 10.1 Å². The second kappa shape index (κ2) is 5.26. The Morgan fingerprint density at radius 3 is 3.05 bits per heavy atom. The molecule has 0 saturated heterocycles. The van der Waals surface area contributed by atoms with E-state index in [0.29, 0.717) is 24.5 Å². The van der Waals surface area contributed by atoms with E-state index >= 15 is 0 Å². The van der Waals surface area contributed by atoms with Crippen molar-refractivity contribution in [3.63, 3.8) is 0 Å². The lowest BCUT2D eigenvalue weighted by Crippen LogP contribution is -2.06. The number of benzene rings is 1. The van der Waals surface area contributed by atoms with Gasteiger partial charge in [-0.3, -0.25) is 4.98 Å². The second-order valence-corrected chi connectivity index (χ2v) is 5.18. The minimum Gasteiger partial charge on any atom is -0.493 e. The number of hydrogen-bond donors (Lipinski definition) is 1. The van der Waals surface area contributed by atoms with Crippen LogP contribution in [0.2, 0.25) is 0 Å². The second-order valence-electron chi connectivity index (χ2n) is 5.18. The molecule has 4 nitrogen and oxygen atoms in total. The summed E-state index contributed by atoms with van der Waals surface area (Å²) >= 11 is 0. The molecule has 0 radical (unpaired) electrons. The first kappa shape index (κ1) is 13.0. The molecule has 1 aromatic carbocycles. The number of anilines is 1. The first-order valence-electron chi connectivity index (χ1n) is 7.19. The molecule has 110 valence electrons. The van der Waals surface area contributed by atoms with Gasteiger partial charge in [-0.1, -0.05) is 0 Å². The number of nitrogens with zero attached hydrogens (tertiary/aromatic N) is 2. The Kier molecular flexibility index (Phi) is 3.11. The van der Waals surface area contributed by atoms with E-state index in [-0.39, 0.29) is 5.82 Å². The van der Waals surface area contributed by atoms with Crippen LogP contribution in [0.1, 0.15) is 11.1 Å². The van der Waals surface area contributed by atoms with Crippen molar-refractivity contribution in [1.29, 1.82) is 0 Å². The van der Waals surface area contributed by atoms with Crippen molar-refractivity contribution in [3.8, 4) is 5.75 Å². The molecule has 0 amide bonds. The topological polar surface area (TPSA) is 47.0 Å². The molecule has 0 saturated carbocycles. The summed E-state index contributed by atoms with van der Waals surface area (Å²) in [7, 11) is 0. The highest BCUT2D eigenvalue weighted by Gasteiger charge is 2.19. The van der Waals surface area contributed by atoms with Crippen LogP contribution >= 0.6 is 0 Å². The Labute approximate surface area is 127 Å². The normalized spacial score (nSPS) is 13.0. The van der Waals surface area contributed by atoms with E-state index in [1.165, 1.54) is 6.07 Å². The van der Waals surface area contributed by atoms with E-state index in [1.807, 2.05) is 18.2 Å². The third kappa shape index (κ3) is 2.15. The third-order valence-electron chi connectivity index (χ3n) is 3.90. The quantitative estimate of drug-likeness (QED) is 0.805. The molecule has 0 bridgehead atoms. The molecule has 0 unspecified atom stereocenters. The number of ether oxygens (including phenoxy) is 1. The first-order chi connectivity index (χ1) is 10.8. The van der Waals surface area contributed by atoms with Gasteiger partial charge in [-0.05, 0) is 30.3 Å². The number of nitrogens with one attached hydrogen (secondary N) is 1. The highest BCUT2D eigenvalue weighted by atomic mass is 19.1. The predicted octanol–water partition coefficient (Wildman–Crippen LogP) is 3.32. The van der Waals surface area contributed by atoms with E-state index in [1.54, 1.807) is 18.5 Å². The van der Waals surface area contributed by atoms with Gasteiger partial charge in [0, 0.05) is 41.9 Å². The fourth-order valence-corrected chi connectivity index (χ4v) is 2.82. The Morgan fingerprint density at radius 2 is 2.09 bits per heavy atom. The lowest BCUT2D eigenvalue weighted by Gasteiger charge is -2.11. The maximum Gasteiger partial charge on any atom is 0.135 e. The Bertz CT molecular complexity index is 845. The molecule has 3 heterocycles. The molecule has 0 fully saturated rings. The molecule has 1 N–H and O–H groups in total. The van der Waals surface area contributed by atoms with Crippen LogP contribution in [-0.4, -0.2) is 16.6 Å². The monoisotopic (exact) mass is 295 g/mol. The van der Waals surface area contributed by atoms with Gasteiger partial charge in [0.25, 0.3) is 0 Å². The summed E-state index contributed by atoms with van der Waals surface area (Å²) < 4.78 is 19.6. The molecule has 3 aromatic rings. The van der Waals surface area contributed by atoms with Crippen molar-refractivity contribution >= 4 is 16.7 Å². The molecule has 4 rings (SSSR count). The number of hydrogen-bond acceptors (Lipinski definition) is 4. The number of rotatable bonds is 3. The van der Waals surface area contributed by atoms with E-state index in [4.69, 9.17) is 4.74 Å². The zero-order valence-electron chi connectivity index (χ0n) is 11.8. The van der Waals surface area contributed by atoms with Crippen molar-refractivity contribution in [3.05, 3.63) is 59.7 Å². The van der Waals surface area contributed by atoms with Gasteiger partial charge in [-0.25, -0.2) is 9.37 Å². The van der Waals surface area contributed by atoms with Crippen LogP contribution in [-0.2, 0) is 13.0 Å². The number of aromatic nitrogens is 2. The fraction of sp³-hybridized carbons (Fsp3) is 0.176. The van der Waals surface area contributed by atoms with E-state index < -0.39 is 0 Å². The molecule has 0 atom stereocenters. The third-order valence-corrected chi connectivity index (χ3v) is 3.90. The summed E-state index contributed by atoms with van der Waals surface area (Å²) in [4.78, 5) is 8.64. The van der Waals surface area contributed by atoms with Gasteiger partial charge in [-0.15, -0.1) is 0 Å². The Hall–Kier alpha value is -2.69. The van der Waals surface area contributed by atoms with E-state index in [0.717, 1.165) is 28.6 Å². The first-order valence-corrected chi connectivity index (χ1v) is 7.19. The molecular weight excluding hydrogens is 281 g/mol.